The van der Waals surface area contributed by atoms with Crippen LogP contribution in [0.4, 0.5) is 10.2 Å². The normalized spacial score (nSPS) is 17.2. The number of hydrogen-bond donors (Lipinski definition) is 1. The van der Waals surface area contributed by atoms with Gasteiger partial charge in [-0.2, -0.15) is 0 Å². The molecule has 0 bridgehead atoms. The number of halogens is 1. The average molecular weight is 418 g/mol. The van der Waals surface area contributed by atoms with Gasteiger partial charge in [-0.25, -0.2) is 14.4 Å². The van der Waals surface area contributed by atoms with Crippen LogP contribution in [-0.2, 0) is 18.4 Å². The standard InChI is InChI=1S/C23H19FN4OS/c24-16-8-6-15(7-9-16)23(29)12-28(13-23)21-19-17-4-1-5-18(17)30-22(19)27-20(26-21)14-3-2-10-25-11-14/h2-3,6-11,29H,1,4-5,12-13H2. The summed E-state index contributed by atoms with van der Waals surface area (Å²) in [7, 11) is 0. The fraction of sp³-hybridized carbons (Fsp3) is 0.261. The van der Waals surface area contributed by atoms with E-state index in [1.54, 1.807) is 35.9 Å². The zero-order chi connectivity index (χ0) is 20.3. The Hall–Kier alpha value is -2.90. The third-order valence-corrected chi connectivity index (χ3v) is 7.24. The van der Waals surface area contributed by atoms with E-state index in [1.165, 1.54) is 29.0 Å². The molecule has 1 aliphatic heterocycles. The predicted octanol–water partition coefficient (Wildman–Crippen LogP) is 4.09. The number of aryl methyl sites for hydroxylation is 2. The third-order valence-electron chi connectivity index (χ3n) is 6.05. The summed E-state index contributed by atoms with van der Waals surface area (Å²) in [5.41, 5.74) is 1.97. The predicted molar refractivity (Wildman–Crippen MR) is 115 cm³/mol. The summed E-state index contributed by atoms with van der Waals surface area (Å²) in [6.45, 7) is 0.837. The Labute approximate surface area is 176 Å². The Bertz CT molecular complexity index is 1250. The Morgan fingerprint density at radius 3 is 2.67 bits per heavy atom. The van der Waals surface area contributed by atoms with Gasteiger partial charge < -0.3 is 10.0 Å². The van der Waals surface area contributed by atoms with Crippen molar-refractivity contribution >= 4 is 27.4 Å². The molecule has 4 aromatic rings. The van der Waals surface area contributed by atoms with Crippen LogP contribution in [0, 0.1) is 5.82 Å². The van der Waals surface area contributed by atoms with E-state index < -0.39 is 5.60 Å². The number of aliphatic hydroxyl groups is 1. The lowest BCUT2D eigenvalue weighted by molar-refractivity contribution is 0.00719. The lowest BCUT2D eigenvalue weighted by Gasteiger charge is -2.47. The highest BCUT2D eigenvalue weighted by molar-refractivity contribution is 7.19. The van der Waals surface area contributed by atoms with Crippen molar-refractivity contribution in [3.8, 4) is 11.4 Å². The minimum atomic E-state index is -1.00. The Morgan fingerprint density at radius 2 is 1.90 bits per heavy atom. The maximum Gasteiger partial charge on any atom is 0.164 e. The van der Waals surface area contributed by atoms with Crippen LogP contribution >= 0.6 is 11.3 Å². The molecular formula is C23H19FN4OS. The molecule has 4 heterocycles. The van der Waals surface area contributed by atoms with Gasteiger partial charge in [0, 0.05) is 22.8 Å². The highest BCUT2D eigenvalue weighted by Gasteiger charge is 2.44. The molecule has 0 spiro atoms. The van der Waals surface area contributed by atoms with Crippen molar-refractivity contribution in [1.29, 1.82) is 0 Å². The van der Waals surface area contributed by atoms with Gasteiger partial charge >= 0.3 is 0 Å². The second-order valence-electron chi connectivity index (χ2n) is 8.04. The van der Waals surface area contributed by atoms with Gasteiger partial charge in [-0.3, -0.25) is 4.98 Å². The van der Waals surface area contributed by atoms with Crippen LogP contribution in [0.25, 0.3) is 21.6 Å². The number of anilines is 1. The molecule has 1 aromatic carbocycles. The highest BCUT2D eigenvalue weighted by Crippen LogP contribution is 2.44. The molecule has 0 unspecified atom stereocenters. The number of fused-ring (bicyclic) bond motifs is 3. The summed E-state index contributed by atoms with van der Waals surface area (Å²) >= 11 is 1.76. The number of thiophene rings is 1. The zero-order valence-corrected chi connectivity index (χ0v) is 17.0. The number of benzene rings is 1. The van der Waals surface area contributed by atoms with Crippen LogP contribution in [0.3, 0.4) is 0 Å². The van der Waals surface area contributed by atoms with Gasteiger partial charge in [-0.1, -0.05) is 12.1 Å². The van der Waals surface area contributed by atoms with E-state index in [1.807, 2.05) is 12.1 Å². The molecular weight excluding hydrogens is 399 g/mol. The molecule has 0 atom stereocenters. The summed E-state index contributed by atoms with van der Waals surface area (Å²) in [6, 6.07) is 9.95. The van der Waals surface area contributed by atoms with Crippen molar-refractivity contribution in [1.82, 2.24) is 15.0 Å². The topological polar surface area (TPSA) is 62.1 Å². The molecule has 1 saturated heterocycles. The lowest BCUT2D eigenvalue weighted by Crippen LogP contribution is -2.60. The Kier molecular flexibility index (Phi) is 3.91. The van der Waals surface area contributed by atoms with Crippen molar-refractivity contribution < 1.29 is 9.50 Å². The minimum Gasteiger partial charge on any atom is -0.381 e. The molecule has 5 nitrogen and oxygen atoms in total. The fourth-order valence-corrected chi connectivity index (χ4v) is 5.76. The van der Waals surface area contributed by atoms with Crippen molar-refractivity contribution in [2.45, 2.75) is 24.9 Å². The van der Waals surface area contributed by atoms with Gasteiger partial charge in [-0.05, 0) is 54.7 Å². The summed E-state index contributed by atoms with van der Waals surface area (Å²) in [5.74, 6) is 1.23. The zero-order valence-electron chi connectivity index (χ0n) is 16.2. The first-order chi connectivity index (χ1) is 14.6. The second-order valence-corrected chi connectivity index (χ2v) is 9.13. The maximum atomic E-state index is 13.3. The summed E-state index contributed by atoms with van der Waals surface area (Å²) in [4.78, 5) is 18.5. The van der Waals surface area contributed by atoms with Gasteiger partial charge in [0.25, 0.3) is 0 Å². The molecule has 0 radical (unpaired) electrons. The molecule has 30 heavy (non-hydrogen) atoms. The molecule has 3 aromatic heterocycles. The van der Waals surface area contributed by atoms with Gasteiger partial charge in [0.1, 0.15) is 22.1 Å². The first kappa shape index (κ1) is 17.9. The molecule has 1 N–H and O–H groups in total. The molecule has 2 aliphatic rings. The van der Waals surface area contributed by atoms with E-state index in [-0.39, 0.29) is 5.82 Å². The number of β-amino-alcohol motifs (C(OH)–C–C–N with tert-alkyl or cyclic N) is 1. The largest absolute Gasteiger partial charge is 0.381 e. The SMILES string of the molecule is OC1(c2ccc(F)cc2)CN(c2nc(-c3cccnc3)nc3sc4c(c23)CCC4)C1. The molecule has 7 heteroatoms. The molecule has 150 valence electrons. The average Bonchev–Trinajstić information content (AvgIpc) is 3.33. The van der Waals surface area contributed by atoms with E-state index in [2.05, 4.69) is 9.88 Å². The lowest BCUT2D eigenvalue weighted by atomic mass is 9.86. The van der Waals surface area contributed by atoms with Crippen molar-refractivity contribution in [2.24, 2.45) is 0 Å². The fourth-order valence-electron chi connectivity index (χ4n) is 4.51. The summed E-state index contributed by atoms with van der Waals surface area (Å²) in [5, 5.41) is 12.2. The van der Waals surface area contributed by atoms with Crippen molar-refractivity contribution in [2.75, 3.05) is 18.0 Å². The molecule has 6 rings (SSSR count). The first-order valence-corrected chi connectivity index (χ1v) is 10.9. The van der Waals surface area contributed by atoms with Crippen LogP contribution in [0.15, 0.2) is 48.8 Å². The number of pyridine rings is 1. The number of rotatable bonds is 3. The second kappa shape index (κ2) is 6.55. The van der Waals surface area contributed by atoms with Gasteiger partial charge in [-0.15, -0.1) is 11.3 Å². The van der Waals surface area contributed by atoms with Crippen LogP contribution in [0.5, 0.6) is 0 Å². The highest BCUT2D eigenvalue weighted by atomic mass is 32.1. The minimum absolute atomic E-state index is 0.300. The molecule has 1 fully saturated rings. The molecule has 0 saturated carbocycles. The van der Waals surface area contributed by atoms with Gasteiger partial charge in [0.15, 0.2) is 5.82 Å². The van der Waals surface area contributed by atoms with Crippen LogP contribution in [0.1, 0.15) is 22.4 Å². The smallest absolute Gasteiger partial charge is 0.164 e. The van der Waals surface area contributed by atoms with E-state index in [0.29, 0.717) is 18.9 Å². The summed E-state index contributed by atoms with van der Waals surface area (Å²) < 4.78 is 13.3. The number of aromatic nitrogens is 3. The Morgan fingerprint density at radius 1 is 1.07 bits per heavy atom. The molecule has 0 amide bonds. The van der Waals surface area contributed by atoms with E-state index in [0.717, 1.165) is 40.0 Å². The van der Waals surface area contributed by atoms with Crippen molar-refractivity contribution in [3.63, 3.8) is 0 Å². The van der Waals surface area contributed by atoms with Crippen LogP contribution < -0.4 is 4.90 Å². The van der Waals surface area contributed by atoms with E-state index >= 15 is 0 Å². The first-order valence-electron chi connectivity index (χ1n) is 10.1. The van der Waals surface area contributed by atoms with E-state index in [9.17, 15) is 9.50 Å². The monoisotopic (exact) mass is 418 g/mol. The quantitative estimate of drug-likeness (QED) is 0.543. The van der Waals surface area contributed by atoms with Crippen LogP contribution in [-0.4, -0.2) is 33.1 Å². The number of nitrogens with zero attached hydrogens (tertiary/aromatic N) is 4. The van der Waals surface area contributed by atoms with Crippen molar-refractivity contribution in [3.05, 3.63) is 70.6 Å². The van der Waals surface area contributed by atoms with Crippen LogP contribution in [0.2, 0.25) is 0 Å². The van der Waals surface area contributed by atoms with Gasteiger partial charge in [0.2, 0.25) is 0 Å². The van der Waals surface area contributed by atoms with E-state index in [4.69, 9.17) is 9.97 Å². The van der Waals surface area contributed by atoms with Gasteiger partial charge in [0.05, 0.1) is 18.5 Å². The third kappa shape index (κ3) is 2.73. The number of hydrogen-bond acceptors (Lipinski definition) is 6. The maximum absolute atomic E-state index is 13.3. The molecule has 1 aliphatic carbocycles. The summed E-state index contributed by atoms with van der Waals surface area (Å²) in [6.07, 6.45) is 6.82. The Balaban J connectivity index is 1.43.